The molecule has 3 heterocycles. The molecule has 10 nitrogen and oxygen atoms in total. The Kier molecular flexibility index (Phi) is 11.3. The molecule has 36 heavy (non-hydrogen) atoms. The van der Waals surface area contributed by atoms with E-state index in [1.807, 2.05) is 44.2 Å². The first-order chi connectivity index (χ1) is 17.6. The standard InChI is InChI=1S/C15H21N3O.C11H17N5O/c16-12-13-5-7-14(8-6-13)17-15(19)4-3-11-18-9-1-2-10-18;1-3-17-6-4-5-12-11-13-8-16-10(15-11)9(2)7-14-16/h3-8H,1-2,9-12,16H2,(H,17,19);7-8H,3-6H2,1-2H3,(H,12,15)/b4-3+;. The van der Waals surface area contributed by atoms with Crippen molar-refractivity contribution in [1.29, 1.82) is 0 Å². The van der Waals surface area contributed by atoms with Crippen LogP contribution in [0, 0.1) is 6.92 Å². The number of nitrogens with one attached hydrogen (secondary N) is 2. The normalized spacial score (nSPS) is 13.6. The van der Waals surface area contributed by atoms with E-state index in [2.05, 4.69) is 30.6 Å². The molecule has 194 valence electrons. The number of ether oxygens (including phenoxy) is 1. The van der Waals surface area contributed by atoms with Gasteiger partial charge in [0.05, 0.1) is 6.20 Å². The van der Waals surface area contributed by atoms with E-state index in [9.17, 15) is 4.79 Å². The molecule has 3 aromatic rings. The number of rotatable bonds is 11. The van der Waals surface area contributed by atoms with Crippen LogP contribution in [-0.2, 0) is 16.1 Å². The van der Waals surface area contributed by atoms with Gasteiger partial charge in [-0.1, -0.05) is 18.2 Å². The lowest BCUT2D eigenvalue weighted by Crippen LogP contribution is -2.19. The molecule has 4 N–H and O–H groups in total. The Labute approximate surface area is 212 Å². The van der Waals surface area contributed by atoms with Crippen LogP contribution in [0.4, 0.5) is 11.6 Å². The number of fused-ring (bicyclic) bond motifs is 1. The highest BCUT2D eigenvalue weighted by Gasteiger charge is 2.09. The monoisotopic (exact) mass is 494 g/mol. The molecular formula is C26H38N8O2. The minimum Gasteiger partial charge on any atom is -0.382 e. The van der Waals surface area contributed by atoms with Crippen LogP contribution in [0.5, 0.6) is 0 Å². The summed E-state index contributed by atoms with van der Waals surface area (Å²) in [5, 5.41) is 10.1. The first-order valence-corrected chi connectivity index (χ1v) is 12.6. The highest BCUT2D eigenvalue weighted by Crippen LogP contribution is 2.10. The molecule has 0 atom stereocenters. The van der Waals surface area contributed by atoms with Crippen molar-refractivity contribution in [2.24, 2.45) is 5.73 Å². The van der Waals surface area contributed by atoms with E-state index >= 15 is 0 Å². The second-order valence-corrected chi connectivity index (χ2v) is 8.55. The molecule has 1 aliphatic rings. The molecule has 1 saturated heterocycles. The predicted octanol–water partition coefficient (Wildman–Crippen LogP) is 3.01. The Morgan fingerprint density at radius 3 is 2.72 bits per heavy atom. The molecule has 0 aliphatic carbocycles. The van der Waals surface area contributed by atoms with Crippen LogP contribution in [0.3, 0.4) is 0 Å². The number of benzene rings is 1. The van der Waals surface area contributed by atoms with Gasteiger partial charge in [-0.05, 0) is 63.9 Å². The molecule has 4 rings (SSSR count). The van der Waals surface area contributed by atoms with Gasteiger partial charge in [0.25, 0.3) is 0 Å². The lowest BCUT2D eigenvalue weighted by molar-refractivity contribution is -0.111. The van der Waals surface area contributed by atoms with Gasteiger partial charge < -0.3 is 21.1 Å². The van der Waals surface area contributed by atoms with Gasteiger partial charge in [0, 0.05) is 50.2 Å². The van der Waals surface area contributed by atoms with E-state index < -0.39 is 0 Å². The van der Waals surface area contributed by atoms with Crippen LogP contribution in [0.2, 0.25) is 0 Å². The minimum absolute atomic E-state index is 0.0836. The zero-order chi connectivity index (χ0) is 25.6. The topological polar surface area (TPSA) is 123 Å². The molecule has 0 unspecified atom stereocenters. The quantitative estimate of drug-likeness (QED) is 0.275. The van der Waals surface area contributed by atoms with Crippen LogP contribution < -0.4 is 16.4 Å². The zero-order valence-corrected chi connectivity index (χ0v) is 21.3. The van der Waals surface area contributed by atoms with Crippen molar-refractivity contribution in [2.75, 3.05) is 50.0 Å². The first kappa shape index (κ1) is 27.3. The average Bonchev–Trinajstić information content (AvgIpc) is 3.55. The highest BCUT2D eigenvalue weighted by atomic mass is 16.5. The zero-order valence-electron chi connectivity index (χ0n) is 21.3. The number of hydrogen-bond donors (Lipinski definition) is 3. The molecule has 1 aliphatic heterocycles. The summed E-state index contributed by atoms with van der Waals surface area (Å²) < 4.78 is 6.92. The van der Waals surface area contributed by atoms with E-state index in [4.69, 9.17) is 10.5 Å². The van der Waals surface area contributed by atoms with Crippen LogP contribution in [0.1, 0.15) is 37.3 Å². The fraction of sp³-hybridized carbons (Fsp3) is 0.462. The Morgan fingerprint density at radius 1 is 1.22 bits per heavy atom. The summed E-state index contributed by atoms with van der Waals surface area (Å²) in [4.78, 5) is 22.6. The molecule has 10 heteroatoms. The number of nitrogens with two attached hydrogens (primary N) is 1. The SMILES string of the molecule is CCOCCCNc1ncn2ncc(C)c2n1.NCc1ccc(NC(=O)/C=C/CN2CCCC2)cc1. The molecule has 1 aromatic carbocycles. The number of carbonyl (C=O) groups is 1. The molecule has 0 radical (unpaired) electrons. The third-order valence-electron chi connectivity index (χ3n) is 5.69. The van der Waals surface area contributed by atoms with E-state index in [-0.39, 0.29) is 5.91 Å². The maximum Gasteiger partial charge on any atom is 0.248 e. The summed E-state index contributed by atoms with van der Waals surface area (Å²) in [6.45, 7) is 9.97. The highest BCUT2D eigenvalue weighted by molar-refractivity contribution is 5.99. The van der Waals surface area contributed by atoms with Crippen LogP contribution >= 0.6 is 0 Å². The summed E-state index contributed by atoms with van der Waals surface area (Å²) in [6, 6.07) is 7.58. The van der Waals surface area contributed by atoms with Crippen molar-refractivity contribution < 1.29 is 9.53 Å². The molecular weight excluding hydrogens is 456 g/mol. The molecule has 1 amide bonds. The van der Waals surface area contributed by atoms with Crippen molar-refractivity contribution in [1.82, 2.24) is 24.5 Å². The lowest BCUT2D eigenvalue weighted by Gasteiger charge is -2.10. The Bertz CT molecular complexity index is 1090. The molecule has 1 fully saturated rings. The second kappa shape index (κ2) is 14.9. The van der Waals surface area contributed by atoms with Gasteiger partial charge in [0.15, 0.2) is 5.65 Å². The number of anilines is 2. The van der Waals surface area contributed by atoms with E-state index in [0.29, 0.717) is 12.5 Å². The Morgan fingerprint density at radius 2 is 2.00 bits per heavy atom. The van der Waals surface area contributed by atoms with Gasteiger partial charge in [-0.3, -0.25) is 9.69 Å². The third-order valence-corrected chi connectivity index (χ3v) is 5.69. The fourth-order valence-electron chi connectivity index (χ4n) is 3.69. The predicted molar refractivity (Wildman–Crippen MR) is 143 cm³/mol. The van der Waals surface area contributed by atoms with Crippen LogP contribution in [0.25, 0.3) is 5.65 Å². The van der Waals surface area contributed by atoms with Crippen molar-refractivity contribution in [3.63, 3.8) is 0 Å². The van der Waals surface area contributed by atoms with Crippen LogP contribution in [-0.4, -0.2) is 69.8 Å². The largest absolute Gasteiger partial charge is 0.382 e. The minimum atomic E-state index is -0.0836. The summed E-state index contributed by atoms with van der Waals surface area (Å²) in [7, 11) is 0. The number of hydrogen-bond acceptors (Lipinski definition) is 8. The Hall–Kier alpha value is -3.34. The number of likely N-dealkylation sites (tertiary alicyclic amines) is 1. The lowest BCUT2D eigenvalue weighted by atomic mass is 10.2. The number of carbonyl (C=O) groups excluding carboxylic acids is 1. The second-order valence-electron chi connectivity index (χ2n) is 8.55. The summed E-state index contributed by atoms with van der Waals surface area (Å²) in [5.41, 5.74) is 9.27. The first-order valence-electron chi connectivity index (χ1n) is 12.6. The Balaban J connectivity index is 0.000000202. The number of amides is 1. The molecule has 0 saturated carbocycles. The number of nitrogens with zero attached hydrogens (tertiary/aromatic N) is 5. The summed E-state index contributed by atoms with van der Waals surface area (Å²) in [5.74, 6) is 0.553. The van der Waals surface area contributed by atoms with Crippen molar-refractivity contribution in [3.05, 3.63) is 60.1 Å². The third kappa shape index (κ3) is 9.03. The van der Waals surface area contributed by atoms with E-state index in [1.54, 1.807) is 23.1 Å². The number of aryl methyl sites for hydroxylation is 1. The van der Waals surface area contributed by atoms with Gasteiger partial charge in [0.1, 0.15) is 6.33 Å². The van der Waals surface area contributed by atoms with E-state index in [1.165, 1.54) is 12.8 Å². The molecule has 0 spiro atoms. The number of aromatic nitrogens is 4. The van der Waals surface area contributed by atoms with Gasteiger partial charge in [-0.25, -0.2) is 9.50 Å². The van der Waals surface area contributed by atoms with Crippen molar-refractivity contribution >= 4 is 23.2 Å². The van der Waals surface area contributed by atoms with Crippen LogP contribution in [0.15, 0.2) is 48.9 Å². The maximum absolute atomic E-state index is 11.7. The van der Waals surface area contributed by atoms with Gasteiger partial charge in [-0.15, -0.1) is 0 Å². The average molecular weight is 495 g/mol. The summed E-state index contributed by atoms with van der Waals surface area (Å²) in [6.07, 6.45) is 10.5. The fourth-order valence-corrected chi connectivity index (χ4v) is 3.69. The maximum atomic E-state index is 11.7. The molecule has 0 bridgehead atoms. The summed E-state index contributed by atoms with van der Waals surface area (Å²) >= 11 is 0. The molecule has 2 aromatic heterocycles. The van der Waals surface area contributed by atoms with Crippen molar-refractivity contribution in [2.45, 2.75) is 39.7 Å². The van der Waals surface area contributed by atoms with Gasteiger partial charge in [0.2, 0.25) is 11.9 Å². The smallest absolute Gasteiger partial charge is 0.248 e. The van der Waals surface area contributed by atoms with Gasteiger partial charge >= 0.3 is 0 Å². The van der Waals surface area contributed by atoms with E-state index in [0.717, 1.165) is 68.3 Å². The van der Waals surface area contributed by atoms with Gasteiger partial charge in [-0.2, -0.15) is 10.1 Å². The van der Waals surface area contributed by atoms with Crippen molar-refractivity contribution in [3.8, 4) is 0 Å².